The van der Waals surface area contributed by atoms with Gasteiger partial charge in [0.1, 0.15) is 0 Å². The van der Waals surface area contributed by atoms with Crippen LogP contribution in [-0.4, -0.2) is 30.6 Å². The number of benzene rings is 1. The summed E-state index contributed by atoms with van der Waals surface area (Å²) in [5.41, 5.74) is 0.770. The van der Waals surface area contributed by atoms with Gasteiger partial charge in [-0.2, -0.15) is 0 Å². The van der Waals surface area contributed by atoms with Crippen molar-refractivity contribution >= 4 is 0 Å². The van der Waals surface area contributed by atoms with Crippen LogP contribution in [-0.2, 0) is 6.54 Å². The van der Waals surface area contributed by atoms with Crippen molar-refractivity contribution in [2.24, 2.45) is 11.8 Å². The maximum Gasteiger partial charge on any atom is 0.159 e. The van der Waals surface area contributed by atoms with Crippen molar-refractivity contribution in [3.8, 4) is 12.3 Å². The van der Waals surface area contributed by atoms with Crippen LogP contribution in [0.25, 0.3) is 0 Å². The number of nitrogens with one attached hydrogen (secondary N) is 1. The van der Waals surface area contributed by atoms with Gasteiger partial charge in [-0.15, -0.1) is 12.3 Å². The van der Waals surface area contributed by atoms with Crippen molar-refractivity contribution in [3.63, 3.8) is 0 Å². The zero-order chi connectivity index (χ0) is 14.8. The van der Waals surface area contributed by atoms with Gasteiger partial charge in [0.2, 0.25) is 0 Å². The van der Waals surface area contributed by atoms with Gasteiger partial charge in [-0.25, -0.2) is 8.78 Å². The first-order chi connectivity index (χ1) is 10.2. The summed E-state index contributed by atoms with van der Waals surface area (Å²) in [4.78, 5) is 2.46. The first-order valence-corrected chi connectivity index (χ1v) is 7.52. The van der Waals surface area contributed by atoms with Crippen LogP contribution in [0.15, 0.2) is 18.2 Å². The standard InChI is InChI=1S/C17H20F2N2/c1-2-13-11-21-6-5-14(13)8-15(21)10-20-9-12-3-4-16(18)17(19)7-12/h1,3-4,7,13-15,20H,5-6,8-11H2/t13-,14-,15+/m0/s1. The lowest BCUT2D eigenvalue weighted by Gasteiger charge is -2.48. The van der Waals surface area contributed by atoms with Gasteiger partial charge in [0.25, 0.3) is 0 Å². The van der Waals surface area contributed by atoms with Gasteiger partial charge in [0.05, 0.1) is 0 Å². The molecule has 1 aromatic rings. The van der Waals surface area contributed by atoms with Gasteiger partial charge < -0.3 is 5.32 Å². The molecule has 3 aliphatic rings. The van der Waals surface area contributed by atoms with Crippen molar-refractivity contribution < 1.29 is 8.78 Å². The maximum absolute atomic E-state index is 13.1. The van der Waals surface area contributed by atoms with E-state index in [1.165, 1.54) is 18.6 Å². The van der Waals surface area contributed by atoms with Crippen molar-refractivity contribution in [1.82, 2.24) is 10.2 Å². The number of piperidine rings is 3. The molecule has 4 rings (SSSR count). The summed E-state index contributed by atoms with van der Waals surface area (Å²) < 4.78 is 26.0. The fraction of sp³-hybridized carbons (Fsp3) is 0.529. The zero-order valence-corrected chi connectivity index (χ0v) is 12.0. The highest BCUT2D eigenvalue weighted by Gasteiger charge is 2.38. The largest absolute Gasteiger partial charge is 0.311 e. The molecule has 0 radical (unpaired) electrons. The van der Waals surface area contributed by atoms with E-state index in [0.29, 0.717) is 24.4 Å². The quantitative estimate of drug-likeness (QED) is 0.857. The predicted octanol–water partition coefficient (Wildman–Crippen LogP) is 2.40. The lowest BCUT2D eigenvalue weighted by molar-refractivity contribution is 0.0227. The average Bonchev–Trinajstić information content (AvgIpc) is 2.51. The van der Waals surface area contributed by atoms with E-state index in [1.807, 2.05) is 0 Å². The van der Waals surface area contributed by atoms with Crippen LogP contribution in [0.5, 0.6) is 0 Å². The third kappa shape index (κ3) is 3.09. The third-order valence-corrected chi connectivity index (χ3v) is 4.79. The summed E-state index contributed by atoms with van der Waals surface area (Å²) >= 11 is 0. The molecule has 112 valence electrons. The number of hydrogen-bond donors (Lipinski definition) is 1. The average molecular weight is 290 g/mol. The third-order valence-electron chi connectivity index (χ3n) is 4.79. The van der Waals surface area contributed by atoms with Crippen molar-refractivity contribution in [2.45, 2.75) is 25.4 Å². The molecule has 4 atom stereocenters. The second-order valence-electron chi connectivity index (χ2n) is 6.09. The molecule has 4 heteroatoms. The first-order valence-electron chi connectivity index (χ1n) is 7.52. The Morgan fingerprint density at radius 1 is 1.33 bits per heavy atom. The molecule has 2 bridgehead atoms. The maximum atomic E-state index is 13.1. The topological polar surface area (TPSA) is 15.3 Å². The summed E-state index contributed by atoms with van der Waals surface area (Å²) in [5, 5.41) is 3.35. The van der Waals surface area contributed by atoms with Gasteiger partial charge >= 0.3 is 0 Å². The highest BCUT2D eigenvalue weighted by atomic mass is 19.2. The molecular formula is C17H20F2N2. The number of halogens is 2. The van der Waals surface area contributed by atoms with Gasteiger partial charge in [0.15, 0.2) is 11.6 Å². The molecule has 0 amide bonds. The summed E-state index contributed by atoms with van der Waals surface area (Å²) in [6.07, 6.45) is 7.92. The highest BCUT2D eigenvalue weighted by molar-refractivity contribution is 5.17. The summed E-state index contributed by atoms with van der Waals surface area (Å²) in [6.45, 7) is 3.55. The van der Waals surface area contributed by atoms with Gasteiger partial charge in [-0.3, -0.25) is 4.90 Å². The van der Waals surface area contributed by atoms with Crippen molar-refractivity contribution in [3.05, 3.63) is 35.4 Å². The summed E-state index contributed by atoms with van der Waals surface area (Å²) in [5.74, 6) is 2.38. The molecule has 2 nitrogen and oxygen atoms in total. The Hall–Kier alpha value is -1.44. The molecule has 3 aliphatic heterocycles. The van der Waals surface area contributed by atoms with E-state index in [2.05, 4.69) is 16.1 Å². The molecule has 0 aromatic heterocycles. The van der Waals surface area contributed by atoms with Crippen molar-refractivity contribution in [1.29, 1.82) is 0 Å². The molecule has 1 unspecified atom stereocenters. The van der Waals surface area contributed by atoms with E-state index in [-0.39, 0.29) is 0 Å². The Bertz CT molecular complexity index is 552. The Morgan fingerprint density at radius 2 is 2.19 bits per heavy atom. The minimum absolute atomic E-state index is 0.404. The lowest BCUT2D eigenvalue weighted by atomic mass is 9.76. The number of rotatable bonds is 4. The molecule has 0 spiro atoms. The fourth-order valence-electron chi connectivity index (χ4n) is 3.57. The van der Waals surface area contributed by atoms with E-state index in [1.54, 1.807) is 6.07 Å². The molecule has 0 saturated carbocycles. The van der Waals surface area contributed by atoms with E-state index >= 15 is 0 Å². The summed E-state index contributed by atoms with van der Waals surface area (Å²) in [7, 11) is 0. The van der Waals surface area contributed by atoms with E-state index in [0.717, 1.165) is 31.6 Å². The normalized spacial score (nSPS) is 31.1. The molecule has 0 aliphatic carbocycles. The minimum atomic E-state index is -0.797. The number of fused-ring (bicyclic) bond motifs is 3. The second kappa shape index (κ2) is 6.13. The van der Waals surface area contributed by atoms with E-state index < -0.39 is 11.6 Å². The molecular weight excluding hydrogens is 270 g/mol. The minimum Gasteiger partial charge on any atom is -0.311 e. The number of terminal acetylenes is 1. The van der Waals surface area contributed by atoms with Gasteiger partial charge in [0, 0.05) is 31.6 Å². The number of hydrogen-bond acceptors (Lipinski definition) is 2. The van der Waals surface area contributed by atoms with Gasteiger partial charge in [-0.1, -0.05) is 6.07 Å². The van der Waals surface area contributed by atoms with Crippen LogP contribution in [0.4, 0.5) is 8.78 Å². The predicted molar refractivity (Wildman–Crippen MR) is 78.5 cm³/mol. The van der Waals surface area contributed by atoms with Crippen molar-refractivity contribution in [2.75, 3.05) is 19.6 Å². The molecule has 3 fully saturated rings. The summed E-state index contributed by atoms with van der Waals surface area (Å²) in [6, 6.07) is 4.56. The lowest BCUT2D eigenvalue weighted by Crippen LogP contribution is -2.55. The van der Waals surface area contributed by atoms with Crippen LogP contribution in [0.2, 0.25) is 0 Å². The molecule has 3 heterocycles. The SMILES string of the molecule is C#C[C@H]1CN2CC[C@H]1C[C@@H]2CNCc1ccc(F)c(F)c1. The Labute approximate surface area is 124 Å². The Kier molecular flexibility index (Phi) is 4.23. The van der Waals surface area contributed by atoms with E-state index in [4.69, 9.17) is 6.42 Å². The van der Waals surface area contributed by atoms with Crippen LogP contribution < -0.4 is 5.32 Å². The van der Waals surface area contributed by atoms with E-state index in [9.17, 15) is 8.78 Å². The first kappa shape index (κ1) is 14.5. The monoisotopic (exact) mass is 290 g/mol. The molecule has 1 aromatic carbocycles. The fourth-order valence-corrected chi connectivity index (χ4v) is 3.57. The van der Waals surface area contributed by atoms with Crippen LogP contribution in [0.3, 0.4) is 0 Å². The van der Waals surface area contributed by atoms with Crippen LogP contribution in [0, 0.1) is 35.8 Å². The van der Waals surface area contributed by atoms with Gasteiger partial charge in [-0.05, 0) is 43.0 Å². The zero-order valence-electron chi connectivity index (χ0n) is 12.0. The molecule has 3 saturated heterocycles. The van der Waals surface area contributed by atoms with Crippen LogP contribution in [0.1, 0.15) is 18.4 Å². The smallest absolute Gasteiger partial charge is 0.159 e. The van der Waals surface area contributed by atoms with Crippen LogP contribution >= 0.6 is 0 Å². The number of nitrogens with zero attached hydrogens (tertiary/aromatic N) is 1. The second-order valence-corrected chi connectivity index (χ2v) is 6.09. The molecule has 1 N–H and O–H groups in total. The Balaban J connectivity index is 1.50. The molecule has 21 heavy (non-hydrogen) atoms. The highest BCUT2D eigenvalue weighted by Crippen LogP contribution is 2.35. The Morgan fingerprint density at radius 3 is 2.86 bits per heavy atom.